The lowest BCUT2D eigenvalue weighted by atomic mass is 10.1. The number of benzene rings is 1. The number of nitriles is 1. The fourth-order valence-electron chi connectivity index (χ4n) is 1.38. The highest BCUT2D eigenvalue weighted by Gasteiger charge is 2.20. The maximum absolute atomic E-state index is 11.8. The van der Waals surface area contributed by atoms with Gasteiger partial charge in [-0.1, -0.05) is 0 Å². The Morgan fingerprint density at radius 3 is 2.43 bits per heavy atom. The largest absolute Gasteiger partial charge is 0.449 e. The highest BCUT2D eigenvalue weighted by Crippen LogP contribution is 2.06. The van der Waals surface area contributed by atoms with E-state index in [1.807, 2.05) is 11.4 Å². The zero-order valence-corrected chi connectivity index (χ0v) is 11.7. The summed E-state index contributed by atoms with van der Waals surface area (Å²) in [5.74, 6) is -1.43. The average Bonchev–Trinajstić information content (AvgIpc) is 2.47. The molecule has 0 aromatic heterocycles. The van der Waals surface area contributed by atoms with E-state index in [2.05, 4.69) is 5.32 Å². The van der Waals surface area contributed by atoms with Crippen LogP contribution >= 0.6 is 0 Å². The zero-order chi connectivity index (χ0) is 15.8. The first-order valence-electron chi connectivity index (χ1n) is 6.27. The number of hydrogen-bond donors (Lipinski definition) is 2. The van der Waals surface area contributed by atoms with Crippen molar-refractivity contribution in [1.82, 2.24) is 10.6 Å². The van der Waals surface area contributed by atoms with Crippen molar-refractivity contribution in [2.45, 2.75) is 20.0 Å². The van der Waals surface area contributed by atoms with Gasteiger partial charge < -0.3 is 10.1 Å². The van der Waals surface area contributed by atoms with Crippen LogP contribution in [0.3, 0.4) is 0 Å². The third-order valence-corrected chi connectivity index (χ3v) is 2.48. The van der Waals surface area contributed by atoms with Crippen LogP contribution in [0.1, 0.15) is 29.8 Å². The summed E-state index contributed by atoms with van der Waals surface area (Å²) in [5, 5.41) is 13.1. The molecule has 7 heteroatoms. The van der Waals surface area contributed by atoms with E-state index in [0.29, 0.717) is 12.1 Å². The summed E-state index contributed by atoms with van der Waals surface area (Å²) in [6.07, 6.45) is -1.12. The molecule has 7 nitrogen and oxygen atoms in total. The predicted octanol–water partition coefficient (Wildman–Crippen LogP) is 0.949. The number of nitrogens with one attached hydrogen (secondary N) is 2. The van der Waals surface area contributed by atoms with Crippen LogP contribution in [0.5, 0.6) is 0 Å². The first kappa shape index (κ1) is 16.2. The van der Waals surface area contributed by atoms with E-state index in [1.165, 1.54) is 31.2 Å². The third-order valence-electron chi connectivity index (χ3n) is 2.48. The van der Waals surface area contributed by atoms with Crippen molar-refractivity contribution in [1.29, 1.82) is 5.26 Å². The van der Waals surface area contributed by atoms with Crippen molar-refractivity contribution < 1.29 is 19.1 Å². The minimum Gasteiger partial charge on any atom is -0.449 e. The van der Waals surface area contributed by atoms with E-state index in [9.17, 15) is 14.4 Å². The van der Waals surface area contributed by atoms with Gasteiger partial charge >= 0.3 is 12.0 Å². The van der Waals surface area contributed by atoms with Crippen LogP contribution in [0, 0.1) is 11.3 Å². The monoisotopic (exact) mass is 289 g/mol. The molecule has 1 rings (SSSR count). The Kier molecular flexibility index (Phi) is 5.89. The van der Waals surface area contributed by atoms with E-state index < -0.39 is 24.0 Å². The standard InChI is InChI=1S/C14H15N3O4/c1-3-16-14(20)17-12(18)9(2)21-13(19)11-6-4-10(8-15)5-7-11/h4-7,9H,3H2,1-2H3,(H2,16,17,18,20)/t9-/m1/s1. The molecule has 0 aliphatic carbocycles. The predicted molar refractivity (Wildman–Crippen MR) is 73.2 cm³/mol. The summed E-state index contributed by atoms with van der Waals surface area (Å²) in [7, 11) is 0. The number of carbonyl (C=O) groups is 3. The van der Waals surface area contributed by atoms with E-state index in [0.717, 1.165) is 0 Å². The molecule has 1 aromatic carbocycles. The number of ether oxygens (including phenoxy) is 1. The van der Waals surface area contributed by atoms with Gasteiger partial charge in [0.15, 0.2) is 6.10 Å². The Hall–Kier alpha value is -2.88. The van der Waals surface area contributed by atoms with Crippen molar-refractivity contribution in [2.24, 2.45) is 0 Å². The lowest BCUT2D eigenvalue weighted by Crippen LogP contribution is -2.44. The highest BCUT2D eigenvalue weighted by atomic mass is 16.5. The summed E-state index contributed by atoms with van der Waals surface area (Å²) < 4.78 is 4.94. The Balaban J connectivity index is 2.58. The highest BCUT2D eigenvalue weighted by molar-refractivity contribution is 5.98. The number of amides is 3. The average molecular weight is 289 g/mol. The minimum atomic E-state index is -1.12. The van der Waals surface area contributed by atoms with Gasteiger partial charge in [-0.3, -0.25) is 10.1 Å². The van der Waals surface area contributed by atoms with Crippen LogP contribution in [0.15, 0.2) is 24.3 Å². The second-order valence-electron chi connectivity index (χ2n) is 4.09. The van der Waals surface area contributed by atoms with Crippen LogP contribution in [-0.4, -0.2) is 30.6 Å². The molecule has 0 saturated carbocycles. The summed E-state index contributed by atoms with van der Waals surface area (Å²) in [6, 6.07) is 7.06. The number of imide groups is 1. The van der Waals surface area contributed by atoms with Crippen molar-refractivity contribution in [3.63, 3.8) is 0 Å². The Morgan fingerprint density at radius 1 is 1.29 bits per heavy atom. The van der Waals surface area contributed by atoms with Gasteiger partial charge in [-0.25, -0.2) is 9.59 Å². The fourth-order valence-corrected chi connectivity index (χ4v) is 1.38. The second kappa shape index (κ2) is 7.65. The van der Waals surface area contributed by atoms with E-state index in [-0.39, 0.29) is 5.56 Å². The number of nitrogens with zero attached hydrogens (tertiary/aromatic N) is 1. The number of hydrogen-bond acceptors (Lipinski definition) is 5. The molecule has 0 unspecified atom stereocenters. The topological polar surface area (TPSA) is 108 Å². The summed E-state index contributed by atoms with van der Waals surface area (Å²) in [6.45, 7) is 3.44. The quantitative estimate of drug-likeness (QED) is 0.802. The van der Waals surface area contributed by atoms with Crippen molar-refractivity contribution in [2.75, 3.05) is 6.54 Å². The lowest BCUT2D eigenvalue weighted by Gasteiger charge is -2.13. The van der Waals surface area contributed by atoms with E-state index in [4.69, 9.17) is 10.00 Å². The molecule has 0 saturated heterocycles. The van der Waals surface area contributed by atoms with Crippen molar-refractivity contribution in [3.8, 4) is 6.07 Å². The second-order valence-corrected chi connectivity index (χ2v) is 4.09. The molecule has 2 N–H and O–H groups in total. The van der Waals surface area contributed by atoms with Gasteiger partial charge in [0.05, 0.1) is 17.2 Å². The number of rotatable bonds is 4. The van der Waals surface area contributed by atoms with Gasteiger partial charge in [0.25, 0.3) is 5.91 Å². The zero-order valence-electron chi connectivity index (χ0n) is 11.7. The maximum atomic E-state index is 11.8. The molecule has 1 atom stereocenters. The molecule has 110 valence electrons. The van der Waals surface area contributed by atoms with Gasteiger partial charge in [0, 0.05) is 6.54 Å². The van der Waals surface area contributed by atoms with Gasteiger partial charge in [-0.05, 0) is 38.1 Å². The third kappa shape index (κ3) is 4.95. The lowest BCUT2D eigenvalue weighted by molar-refractivity contribution is -0.127. The van der Waals surface area contributed by atoms with Gasteiger partial charge in [-0.2, -0.15) is 5.26 Å². The number of carbonyl (C=O) groups excluding carboxylic acids is 3. The molecule has 21 heavy (non-hydrogen) atoms. The smallest absolute Gasteiger partial charge is 0.338 e. The summed E-state index contributed by atoms with van der Waals surface area (Å²) in [4.78, 5) is 34.6. The first-order valence-corrected chi connectivity index (χ1v) is 6.27. The van der Waals surface area contributed by atoms with Gasteiger partial charge in [0.2, 0.25) is 0 Å². The molecule has 3 amide bonds. The molecule has 0 bridgehead atoms. The Bertz CT molecular complexity index is 575. The van der Waals surface area contributed by atoms with Crippen LogP contribution in [0.25, 0.3) is 0 Å². The van der Waals surface area contributed by atoms with Crippen molar-refractivity contribution >= 4 is 17.9 Å². The van der Waals surface area contributed by atoms with Gasteiger partial charge in [-0.15, -0.1) is 0 Å². The molecule has 0 fully saturated rings. The molecule has 0 spiro atoms. The molecule has 1 aromatic rings. The number of urea groups is 1. The molecule has 0 aliphatic heterocycles. The Labute approximate surface area is 121 Å². The fraction of sp³-hybridized carbons (Fsp3) is 0.286. The molecule has 0 heterocycles. The first-order chi connectivity index (χ1) is 9.97. The number of esters is 1. The Morgan fingerprint density at radius 2 is 1.90 bits per heavy atom. The normalized spacial score (nSPS) is 10.9. The SMILES string of the molecule is CCNC(=O)NC(=O)[C@@H](C)OC(=O)c1ccc(C#N)cc1. The van der Waals surface area contributed by atoms with Crippen LogP contribution < -0.4 is 10.6 Å². The van der Waals surface area contributed by atoms with Gasteiger partial charge in [0.1, 0.15) is 0 Å². The van der Waals surface area contributed by atoms with Crippen molar-refractivity contribution in [3.05, 3.63) is 35.4 Å². The van der Waals surface area contributed by atoms with E-state index in [1.54, 1.807) is 6.92 Å². The van der Waals surface area contributed by atoms with E-state index >= 15 is 0 Å². The summed E-state index contributed by atoms with van der Waals surface area (Å²) >= 11 is 0. The molecular formula is C14H15N3O4. The maximum Gasteiger partial charge on any atom is 0.338 e. The molecule has 0 aliphatic rings. The summed E-state index contributed by atoms with van der Waals surface area (Å²) in [5.41, 5.74) is 0.625. The minimum absolute atomic E-state index is 0.214. The molecular weight excluding hydrogens is 274 g/mol. The van der Waals surface area contributed by atoms with Crippen LogP contribution in [0.2, 0.25) is 0 Å². The molecule has 0 radical (unpaired) electrons. The van der Waals surface area contributed by atoms with Crippen LogP contribution in [0.4, 0.5) is 4.79 Å². The van der Waals surface area contributed by atoms with Crippen LogP contribution in [-0.2, 0) is 9.53 Å².